The van der Waals surface area contributed by atoms with E-state index in [1.165, 1.54) is 0 Å². The Kier molecular flexibility index (Phi) is 4.87. The Morgan fingerprint density at radius 3 is 2.95 bits per heavy atom. The van der Waals surface area contributed by atoms with Crippen LogP contribution in [0.3, 0.4) is 0 Å². The van der Waals surface area contributed by atoms with Gasteiger partial charge in [-0.15, -0.1) is 5.10 Å². The first-order valence-electron chi connectivity index (χ1n) is 8.19. The van der Waals surface area contributed by atoms with Crippen molar-refractivity contribution in [2.45, 2.75) is 32.3 Å². The maximum atomic E-state index is 12.8. The molecule has 2 fully saturated rings. The van der Waals surface area contributed by atoms with E-state index >= 15 is 0 Å². The monoisotopic (exact) mass is 304 g/mol. The van der Waals surface area contributed by atoms with E-state index in [4.69, 9.17) is 4.74 Å². The van der Waals surface area contributed by atoms with Gasteiger partial charge in [-0.1, -0.05) is 0 Å². The van der Waals surface area contributed by atoms with E-state index in [1.54, 1.807) is 6.20 Å². The van der Waals surface area contributed by atoms with E-state index in [-0.39, 0.29) is 17.9 Å². The number of rotatable bonds is 2. The van der Waals surface area contributed by atoms with Crippen LogP contribution in [0.4, 0.5) is 5.82 Å². The molecule has 6 heteroatoms. The molecule has 0 bridgehead atoms. The van der Waals surface area contributed by atoms with Crippen molar-refractivity contribution in [2.75, 3.05) is 37.7 Å². The van der Waals surface area contributed by atoms with Crippen LogP contribution in [0, 0.1) is 5.92 Å². The molecule has 1 aromatic heterocycles. The first kappa shape index (κ1) is 15.2. The molecule has 2 atom stereocenters. The van der Waals surface area contributed by atoms with Gasteiger partial charge in [-0.2, -0.15) is 5.10 Å². The topological polar surface area (TPSA) is 58.6 Å². The van der Waals surface area contributed by atoms with E-state index in [0.717, 1.165) is 57.9 Å². The molecule has 0 spiro atoms. The van der Waals surface area contributed by atoms with Crippen molar-refractivity contribution < 1.29 is 9.53 Å². The molecule has 2 aliphatic rings. The first-order valence-corrected chi connectivity index (χ1v) is 8.19. The maximum absolute atomic E-state index is 12.8. The predicted octanol–water partition coefficient (Wildman–Crippen LogP) is 1.33. The average Bonchev–Trinajstić information content (AvgIpc) is 2.81. The third-order valence-electron chi connectivity index (χ3n) is 4.61. The molecular weight excluding hydrogens is 280 g/mol. The molecule has 6 nitrogen and oxygen atoms in total. The van der Waals surface area contributed by atoms with Gasteiger partial charge in [-0.3, -0.25) is 4.79 Å². The molecule has 3 rings (SSSR count). The van der Waals surface area contributed by atoms with Gasteiger partial charge in [0.1, 0.15) is 0 Å². The minimum atomic E-state index is 0.0248. The Bertz CT molecular complexity index is 496. The molecule has 0 radical (unpaired) electrons. The minimum Gasteiger partial charge on any atom is -0.378 e. The summed E-state index contributed by atoms with van der Waals surface area (Å²) in [6.45, 7) is 6.10. The fourth-order valence-electron chi connectivity index (χ4n) is 3.31. The van der Waals surface area contributed by atoms with Crippen LogP contribution in [0.1, 0.15) is 26.2 Å². The summed E-state index contributed by atoms with van der Waals surface area (Å²) < 4.78 is 5.65. The molecule has 22 heavy (non-hydrogen) atoms. The van der Waals surface area contributed by atoms with Crippen LogP contribution in [-0.4, -0.2) is 59.9 Å². The summed E-state index contributed by atoms with van der Waals surface area (Å²) in [6, 6.07) is 3.87. The number of carbonyl (C=O) groups excluding carboxylic acids is 1. The highest BCUT2D eigenvalue weighted by atomic mass is 16.5. The Morgan fingerprint density at radius 1 is 1.27 bits per heavy atom. The van der Waals surface area contributed by atoms with E-state index in [9.17, 15) is 4.79 Å². The Labute approximate surface area is 131 Å². The summed E-state index contributed by atoms with van der Waals surface area (Å²) in [5.74, 6) is 1.18. The van der Waals surface area contributed by atoms with Crippen LogP contribution < -0.4 is 4.90 Å². The summed E-state index contributed by atoms with van der Waals surface area (Å²) in [5, 5.41) is 8.11. The van der Waals surface area contributed by atoms with Crippen molar-refractivity contribution in [3.05, 3.63) is 18.3 Å². The first-order chi connectivity index (χ1) is 10.8. The van der Waals surface area contributed by atoms with E-state index in [2.05, 4.69) is 15.1 Å². The highest BCUT2D eigenvalue weighted by Gasteiger charge is 2.32. The Hall–Kier alpha value is -1.69. The van der Waals surface area contributed by atoms with E-state index in [0.29, 0.717) is 0 Å². The highest BCUT2D eigenvalue weighted by molar-refractivity contribution is 5.79. The lowest BCUT2D eigenvalue weighted by molar-refractivity contribution is -0.143. The molecule has 1 aromatic rings. The summed E-state index contributed by atoms with van der Waals surface area (Å²) in [5.41, 5.74) is 0. The van der Waals surface area contributed by atoms with E-state index in [1.807, 2.05) is 24.0 Å². The number of carbonyl (C=O) groups is 1. The maximum Gasteiger partial charge on any atom is 0.228 e. The number of anilines is 1. The second kappa shape index (κ2) is 7.05. The SMILES string of the molecule is C[C@@H]1OCCC[C@@H]1C(=O)N1CCCN(c2cccnn2)CC1. The number of amides is 1. The van der Waals surface area contributed by atoms with E-state index < -0.39 is 0 Å². The molecule has 0 saturated carbocycles. The molecule has 120 valence electrons. The summed E-state index contributed by atoms with van der Waals surface area (Å²) in [4.78, 5) is 17.0. The predicted molar refractivity (Wildman–Crippen MR) is 83.6 cm³/mol. The Balaban J connectivity index is 1.61. The normalized spacial score (nSPS) is 26.6. The van der Waals surface area contributed by atoms with Gasteiger partial charge < -0.3 is 14.5 Å². The van der Waals surface area contributed by atoms with Crippen molar-refractivity contribution in [2.24, 2.45) is 5.92 Å². The lowest BCUT2D eigenvalue weighted by atomic mass is 9.94. The quantitative estimate of drug-likeness (QED) is 0.825. The van der Waals surface area contributed by atoms with Crippen molar-refractivity contribution in [1.82, 2.24) is 15.1 Å². The minimum absolute atomic E-state index is 0.0248. The van der Waals surface area contributed by atoms with Crippen molar-refractivity contribution in [1.29, 1.82) is 0 Å². The molecule has 0 unspecified atom stereocenters. The second-order valence-electron chi connectivity index (χ2n) is 6.07. The molecule has 2 aliphatic heterocycles. The summed E-state index contributed by atoms with van der Waals surface area (Å²) in [7, 11) is 0. The highest BCUT2D eigenvalue weighted by Crippen LogP contribution is 2.23. The van der Waals surface area contributed by atoms with Gasteiger partial charge in [0, 0.05) is 39.0 Å². The molecule has 3 heterocycles. The third kappa shape index (κ3) is 3.38. The van der Waals surface area contributed by atoms with Crippen LogP contribution >= 0.6 is 0 Å². The largest absolute Gasteiger partial charge is 0.378 e. The number of nitrogens with zero attached hydrogens (tertiary/aromatic N) is 4. The second-order valence-corrected chi connectivity index (χ2v) is 6.07. The fraction of sp³-hybridized carbons (Fsp3) is 0.688. The molecule has 1 amide bonds. The number of aromatic nitrogens is 2. The van der Waals surface area contributed by atoms with Crippen molar-refractivity contribution in [3.8, 4) is 0 Å². The number of hydrogen-bond acceptors (Lipinski definition) is 5. The van der Waals surface area contributed by atoms with Crippen LogP contribution in [0.5, 0.6) is 0 Å². The van der Waals surface area contributed by atoms with Gasteiger partial charge in [0.2, 0.25) is 5.91 Å². The lowest BCUT2D eigenvalue weighted by Gasteiger charge is -2.32. The zero-order valence-corrected chi connectivity index (χ0v) is 13.1. The van der Waals surface area contributed by atoms with Gasteiger partial charge in [-0.05, 0) is 38.3 Å². The van der Waals surface area contributed by atoms with Gasteiger partial charge >= 0.3 is 0 Å². The van der Waals surface area contributed by atoms with Gasteiger partial charge in [-0.25, -0.2) is 0 Å². The smallest absolute Gasteiger partial charge is 0.228 e. The molecular formula is C16H24N4O2. The van der Waals surface area contributed by atoms with Gasteiger partial charge in [0.05, 0.1) is 12.0 Å². The van der Waals surface area contributed by atoms with Gasteiger partial charge in [0.25, 0.3) is 0 Å². The van der Waals surface area contributed by atoms with Crippen LogP contribution in [-0.2, 0) is 9.53 Å². The third-order valence-corrected chi connectivity index (χ3v) is 4.61. The average molecular weight is 304 g/mol. The fourth-order valence-corrected chi connectivity index (χ4v) is 3.31. The zero-order valence-electron chi connectivity index (χ0n) is 13.1. The number of hydrogen-bond donors (Lipinski definition) is 0. The Morgan fingerprint density at radius 2 is 2.18 bits per heavy atom. The lowest BCUT2D eigenvalue weighted by Crippen LogP contribution is -2.44. The molecule has 0 aromatic carbocycles. The van der Waals surface area contributed by atoms with Crippen molar-refractivity contribution in [3.63, 3.8) is 0 Å². The molecule has 0 N–H and O–H groups in total. The van der Waals surface area contributed by atoms with Crippen LogP contribution in [0.25, 0.3) is 0 Å². The van der Waals surface area contributed by atoms with Gasteiger partial charge in [0.15, 0.2) is 5.82 Å². The number of ether oxygens (including phenoxy) is 1. The summed E-state index contributed by atoms with van der Waals surface area (Å²) in [6.07, 6.45) is 4.62. The van der Waals surface area contributed by atoms with Crippen LogP contribution in [0.15, 0.2) is 18.3 Å². The van der Waals surface area contributed by atoms with Crippen LogP contribution in [0.2, 0.25) is 0 Å². The molecule has 0 aliphatic carbocycles. The standard InChI is InChI=1S/C16H24N4O2/c1-13-14(5-3-12-22-13)16(21)20-9-4-8-19(10-11-20)15-6-2-7-17-18-15/h2,6-7,13-14H,3-5,8-12H2,1H3/t13-,14-/m0/s1. The summed E-state index contributed by atoms with van der Waals surface area (Å²) >= 11 is 0. The van der Waals surface area contributed by atoms with Crippen molar-refractivity contribution >= 4 is 11.7 Å². The zero-order chi connectivity index (χ0) is 15.4. The molecule has 2 saturated heterocycles.